The van der Waals surface area contributed by atoms with Crippen LogP contribution in [0, 0.1) is 5.92 Å². The van der Waals surface area contributed by atoms with E-state index in [4.69, 9.17) is 15.2 Å². The van der Waals surface area contributed by atoms with Gasteiger partial charge in [-0.2, -0.15) is 0 Å². The van der Waals surface area contributed by atoms with Crippen LogP contribution in [0.5, 0.6) is 11.5 Å². The van der Waals surface area contributed by atoms with Gasteiger partial charge >= 0.3 is 0 Å². The maximum absolute atomic E-state index is 6.48. The fourth-order valence-corrected chi connectivity index (χ4v) is 3.17. The molecule has 1 aliphatic heterocycles. The molecule has 1 saturated carbocycles. The molecule has 1 aliphatic carbocycles. The topological polar surface area (TPSA) is 44.5 Å². The molecule has 3 nitrogen and oxygen atoms in total. The monoisotopic (exact) mass is 247 g/mol. The van der Waals surface area contributed by atoms with Crippen LogP contribution in [-0.4, -0.2) is 13.2 Å². The summed E-state index contributed by atoms with van der Waals surface area (Å²) in [6.45, 7) is 3.51. The van der Waals surface area contributed by atoms with Crippen molar-refractivity contribution >= 4 is 0 Å². The predicted octanol–water partition coefficient (Wildman–Crippen LogP) is 2.82. The first kappa shape index (κ1) is 11.8. The Bertz CT molecular complexity index is 438. The number of hydrogen-bond donors (Lipinski definition) is 1. The Morgan fingerprint density at radius 2 is 1.94 bits per heavy atom. The third-order valence-corrected chi connectivity index (χ3v) is 4.12. The number of benzene rings is 1. The Kier molecular flexibility index (Phi) is 2.94. The minimum Gasteiger partial charge on any atom is -0.486 e. The van der Waals surface area contributed by atoms with Crippen molar-refractivity contribution in [2.24, 2.45) is 11.7 Å². The highest BCUT2D eigenvalue weighted by molar-refractivity contribution is 5.46. The van der Waals surface area contributed by atoms with Crippen LogP contribution in [0.15, 0.2) is 18.2 Å². The molecular weight excluding hydrogens is 226 g/mol. The molecule has 0 amide bonds. The van der Waals surface area contributed by atoms with Crippen LogP contribution in [0.2, 0.25) is 0 Å². The van der Waals surface area contributed by atoms with E-state index in [0.717, 1.165) is 30.3 Å². The molecule has 3 heteroatoms. The van der Waals surface area contributed by atoms with Crippen LogP contribution in [0.4, 0.5) is 0 Å². The Hall–Kier alpha value is -1.22. The molecule has 1 aromatic carbocycles. The van der Waals surface area contributed by atoms with Gasteiger partial charge in [-0.3, -0.25) is 0 Å². The molecule has 1 fully saturated rings. The smallest absolute Gasteiger partial charge is 0.161 e. The van der Waals surface area contributed by atoms with Gasteiger partial charge < -0.3 is 15.2 Å². The van der Waals surface area contributed by atoms with Crippen molar-refractivity contribution in [3.63, 3.8) is 0 Å². The van der Waals surface area contributed by atoms with Crippen LogP contribution < -0.4 is 15.2 Å². The molecule has 0 spiro atoms. The molecule has 98 valence electrons. The van der Waals surface area contributed by atoms with E-state index in [0.29, 0.717) is 13.2 Å². The van der Waals surface area contributed by atoms with Gasteiger partial charge in [-0.25, -0.2) is 0 Å². The van der Waals surface area contributed by atoms with Crippen molar-refractivity contribution in [1.29, 1.82) is 0 Å². The summed E-state index contributed by atoms with van der Waals surface area (Å²) in [5.41, 5.74) is 7.53. The van der Waals surface area contributed by atoms with Gasteiger partial charge in [0.1, 0.15) is 13.2 Å². The zero-order chi connectivity index (χ0) is 12.6. The molecule has 0 unspecified atom stereocenters. The molecule has 2 aliphatic rings. The lowest BCUT2D eigenvalue weighted by Gasteiger charge is -2.45. The lowest BCUT2D eigenvalue weighted by molar-refractivity contribution is 0.135. The van der Waals surface area contributed by atoms with Crippen LogP contribution in [0.25, 0.3) is 0 Å². The summed E-state index contributed by atoms with van der Waals surface area (Å²) in [4.78, 5) is 0. The van der Waals surface area contributed by atoms with Gasteiger partial charge in [-0.05, 0) is 36.5 Å². The Morgan fingerprint density at radius 3 is 2.67 bits per heavy atom. The highest BCUT2D eigenvalue weighted by Crippen LogP contribution is 2.47. The molecule has 1 heterocycles. The van der Waals surface area contributed by atoms with Gasteiger partial charge in [-0.1, -0.05) is 25.8 Å². The number of ether oxygens (including phenoxy) is 2. The Balaban J connectivity index is 1.77. The second-order valence-corrected chi connectivity index (χ2v) is 5.58. The van der Waals surface area contributed by atoms with E-state index < -0.39 is 0 Å². The van der Waals surface area contributed by atoms with Gasteiger partial charge in [-0.15, -0.1) is 0 Å². The SMILES string of the molecule is CCCC1CC(N)(c2ccc3c(c2)OCCO3)C1. The van der Waals surface area contributed by atoms with Crippen LogP contribution in [-0.2, 0) is 5.54 Å². The Morgan fingerprint density at radius 1 is 1.22 bits per heavy atom. The van der Waals surface area contributed by atoms with Gasteiger partial charge in [0.05, 0.1) is 0 Å². The summed E-state index contributed by atoms with van der Waals surface area (Å²) in [6.07, 6.45) is 4.74. The van der Waals surface area contributed by atoms with Crippen molar-refractivity contribution in [2.45, 2.75) is 38.1 Å². The fourth-order valence-electron chi connectivity index (χ4n) is 3.17. The molecule has 18 heavy (non-hydrogen) atoms. The largest absolute Gasteiger partial charge is 0.486 e. The van der Waals surface area contributed by atoms with E-state index in [9.17, 15) is 0 Å². The Labute approximate surface area is 108 Å². The first-order chi connectivity index (χ1) is 8.71. The molecule has 2 N–H and O–H groups in total. The van der Waals surface area contributed by atoms with Crippen molar-refractivity contribution in [2.75, 3.05) is 13.2 Å². The normalized spacial score (nSPS) is 29.8. The first-order valence-corrected chi connectivity index (χ1v) is 6.90. The molecule has 0 atom stereocenters. The van der Waals surface area contributed by atoms with Crippen molar-refractivity contribution in [3.05, 3.63) is 23.8 Å². The summed E-state index contributed by atoms with van der Waals surface area (Å²) in [7, 11) is 0. The third-order valence-electron chi connectivity index (χ3n) is 4.12. The second kappa shape index (κ2) is 4.47. The van der Waals surface area contributed by atoms with E-state index >= 15 is 0 Å². The zero-order valence-corrected chi connectivity index (χ0v) is 10.9. The summed E-state index contributed by atoms with van der Waals surface area (Å²) in [5, 5.41) is 0. The van der Waals surface area contributed by atoms with Crippen LogP contribution >= 0.6 is 0 Å². The maximum Gasteiger partial charge on any atom is 0.161 e. The van der Waals surface area contributed by atoms with E-state index in [1.165, 1.54) is 18.4 Å². The number of fused-ring (bicyclic) bond motifs is 1. The van der Waals surface area contributed by atoms with Gasteiger partial charge in [0.2, 0.25) is 0 Å². The molecule has 1 aromatic rings. The van der Waals surface area contributed by atoms with E-state index in [-0.39, 0.29) is 5.54 Å². The number of nitrogens with two attached hydrogens (primary N) is 1. The maximum atomic E-state index is 6.48. The molecule has 3 rings (SSSR count). The third kappa shape index (κ3) is 1.97. The molecule has 0 saturated heterocycles. The van der Waals surface area contributed by atoms with Gasteiger partial charge in [0.25, 0.3) is 0 Å². The van der Waals surface area contributed by atoms with E-state index in [1.807, 2.05) is 6.07 Å². The lowest BCUT2D eigenvalue weighted by atomic mass is 9.64. The molecular formula is C15H21NO2. The zero-order valence-electron chi connectivity index (χ0n) is 10.9. The van der Waals surface area contributed by atoms with Gasteiger partial charge in [0, 0.05) is 5.54 Å². The second-order valence-electron chi connectivity index (χ2n) is 5.58. The highest BCUT2D eigenvalue weighted by atomic mass is 16.6. The number of rotatable bonds is 3. The number of hydrogen-bond acceptors (Lipinski definition) is 3. The molecule has 0 bridgehead atoms. The minimum absolute atomic E-state index is 0.143. The average Bonchev–Trinajstić information content (AvgIpc) is 2.36. The van der Waals surface area contributed by atoms with Gasteiger partial charge in [0.15, 0.2) is 11.5 Å². The lowest BCUT2D eigenvalue weighted by Crippen LogP contribution is -2.48. The van der Waals surface area contributed by atoms with E-state index in [1.54, 1.807) is 0 Å². The minimum atomic E-state index is -0.143. The summed E-state index contributed by atoms with van der Waals surface area (Å²) in [5.74, 6) is 2.49. The van der Waals surface area contributed by atoms with Crippen molar-refractivity contribution < 1.29 is 9.47 Å². The quantitative estimate of drug-likeness (QED) is 0.893. The molecule has 0 radical (unpaired) electrons. The summed E-state index contributed by atoms with van der Waals surface area (Å²) in [6, 6.07) is 6.15. The molecule has 0 aromatic heterocycles. The van der Waals surface area contributed by atoms with Crippen LogP contribution in [0.3, 0.4) is 0 Å². The summed E-state index contributed by atoms with van der Waals surface area (Å²) >= 11 is 0. The highest BCUT2D eigenvalue weighted by Gasteiger charge is 2.41. The van der Waals surface area contributed by atoms with Crippen molar-refractivity contribution in [3.8, 4) is 11.5 Å². The first-order valence-electron chi connectivity index (χ1n) is 6.90. The predicted molar refractivity (Wildman–Crippen MR) is 70.9 cm³/mol. The summed E-state index contributed by atoms with van der Waals surface area (Å²) < 4.78 is 11.2. The average molecular weight is 247 g/mol. The van der Waals surface area contributed by atoms with Crippen LogP contribution in [0.1, 0.15) is 38.2 Å². The fraction of sp³-hybridized carbons (Fsp3) is 0.600. The van der Waals surface area contributed by atoms with E-state index in [2.05, 4.69) is 19.1 Å². The van der Waals surface area contributed by atoms with Crippen molar-refractivity contribution in [1.82, 2.24) is 0 Å². The standard InChI is InChI=1S/C15H21NO2/c1-2-3-11-9-15(16,10-11)12-4-5-13-14(8-12)18-7-6-17-13/h4-5,8,11H,2-3,6-7,9-10,16H2,1H3.